The lowest BCUT2D eigenvalue weighted by Crippen LogP contribution is -2.07. The predicted octanol–water partition coefficient (Wildman–Crippen LogP) is 0.942. The molecule has 0 aliphatic heterocycles. The van der Waals surface area contributed by atoms with E-state index in [1.54, 1.807) is 12.4 Å². The molecular formula is C11H13N5. The van der Waals surface area contributed by atoms with Crippen LogP contribution in [0.2, 0.25) is 0 Å². The highest BCUT2D eigenvalue weighted by Gasteiger charge is 1.97. The molecule has 5 nitrogen and oxygen atoms in total. The summed E-state index contributed by atoms with van der Waals surface area (Å²) >= 11 is 0. The van der Waals surface area contributed by atoms with Gasteiger partial charge in [0.25, 0.3) is 0 Å². The Morgan fingerprint density at radius 3 is 2.94 bits per heavy atom. The molecule has 0 amide bonds. The van der Waals surface area contributed by atoms with Crippen LogP contribution in [0.3, 0.4) is 0 Å². The fourth-order valence-electron chi connectivity index (χ4n) is 1.29. The molecule has 0 fully saturated rings. The Labute approximate surface area is 93.8 Å². The van der Waals surface area contributed by atoms with Crippen LogP contribution in [0.5, 0.6) is 0 Å². The van der Waals surface area contributed by atoms with Crippen molar-refractivity contribution >= 4 is 5.82 Å². The highest BCUT2D eigenvalue weighted by atomic mass is 15.0. The van der Waals surface area contributed by atoms with Crippen LogP contribution in [-0.2, 0) is 13.1 Å². The Balaban J connectivity index is 1.99. The van der Waals surface area contributed by atoms with Crippen molar-refractivity contribution in [2.75, 3.05) is 5.32 Å². The number of aromatic nitrogens is 3. The summed E-state index contributed by atoms with van der Waals surface area (Å²) in [5.41, 5.74) is 6.57. The molecule has 5 heteroatoms. The fraction of sp³-hybridized carbons (Fsp3) is 0.182. The molecule has 0 bridgehead atoms. The molecule has 0 radical (unpaired) electrons. The highest BCUT2D eigenvalue weighted by Crippen LogP contribution is 2.04. The van der Waals surface area contributed by atoms with Gasteiger partial charge in [0.2, 0.25) is 0 Å². The zero-order valence-corrected chi connectivity index (χ0v) is 8.80. The molecule has 2 aromatic rings. The largest absolute Gasteiger partial charge is 0.366 e. The lowest BCUT2D eigenvalue weighted by molar-refractivity contribution is 0.904. The molecule has 0 aromatic carbocycles. The normalized spacial score (nSPS) is 10.1. The van der Waals surface area contributed by atoms with Crippen molar-refractivity contribution in [2.24, 2.45) is 5.73 Å². The summed E-state index contributed by atoms with van der Waals surface area (Å²) in [6.45, 7) is 1.04. The third kappa shape index (κ3) is 2.74. The van der Waals surface area contributed by atoms with Gasteiger partial charge >= 0.3 is 0 Å². The first-order valence-electron chi connectivity index (χ1n) is 5.03. The Kier molecular flexibility index (Phi) is 3.40. The molecule has 16 heavy (non-hydrogen) atoms. The summed E-state index contributed by atoms with van der Waals surface area (Å²) in [5, 5.41) is 3.19. The van der Waals surface area contributed by atoms with E-state index >= 15 is 0 Å². The SMILES string of the molecule is NCc1nccc(NCc2cccnc2)n1. The van der Waals surface area contributed by atoms with E-state index in [0.717, 1.165) is 11.4 Å². The van der Waals surface area contributed by atoms with Crippen molar-refractivity contribution in [1.29, 1.82) is 0 Å². The van der Waals surface area contributed by atoms with Gasteiger partial charge in [-0.25, -0.2) is 9.97 Å². The molecule has 0 unspecified atom stereocenters. The first kappa shape index (κ1) is 10.5. The second kappa shape index (κ2) is 5.18. The first-order valence-corrected chi connectivity index (χ1v) is 5.03. The zero-order chi connectivity index (χ0) is 11.2. The van der Waals surface area contributed by atoms with Gasteiger partial charge in [0.15, 0.2) is 0 Å². The summed E-state index contributed by atoms with van der Waals surface area (Å²) in [5.74, 6) is 1.41. The van der Waals surface area contributed by atoms with Crippen molar-refractivity contribution in [2.45, 2.75) is 13.1 Å². The van der Waals surface area contributed by atoms with Gasteiger partial charge in [-0.1, -0.05) is 6.07 Å². The van der Waals surface area contributed by atoms with E-state index in [0.29, 0.717) is 18.9 Å². The lowest BCUT2D eigenvalue weighted by Gasteiger charge is -2.05. The number of hydrogen-bond acceptors (Lipinski definition) is 5. The van der Waals surface area contributed by atoms with Crippen LogP contribution in [0.25, 0.3) is 0 Å². The maximum absolute atomic E-state index is 5.46. The molecule has 2 aromatic heterocycles. The van der Waals surface area contributed by atoms with E-state index in [9.17, 15) is 0 Å². The minimum atomic E-state index is 0.350. The van der Waals surface area contributed by atoms with Crippen LogP contribution < -0.4 is 11.1 Å². The first-order chi connectivity index (χ1) is 7.88. The molecule has 82 valence electrons. The average molecular weight is 215 g/mol. The summed E-state index contributed by atoms with van der Waals surface area (Å²) in [6.07, 6.45) is 5.26. The topological polar surface area (TPSA) is 76.7 Å². The molecule has 0 saturated heterocycles. The molecule has 2 rings (SSSR count). The third-order valence-corrected chi connectivity index (χ3v) is 2.08. The number of nitrogens with zero attached hydrogens (tertiary/aromatic N) is 3. The minimum absolute atomic E-state index is 0.350. The number of anilines is 1. The fourth-order valence-corrected chi connectivity index (χ4v) is 1.29. The van der Waals surface area contributed by atoms with Gasteiger partial charge < -0.3 is 11.1 Å². The van der Waals surface area contributed by atoms with Gasteiger partial charge in [-0.05, 0) is 17.7 Å². The van der Waals surface area contributed by atoms with E-state index in [2.05, 4.69) is 20.3 Å². The summed E-state index contributed by atoms with van der Waals surface area (Å²) in [4.78, 5) is 12.3. The van der Waals surface area contributed by atoms with Crippen molar-refractivity contribution in [3.8, 4) is 0 Å². The maximum atomic E-state index is 5.46. The highest BCUT2D eigenvalue weighted by molar-refractivity contribution is 5.34. The third-order valence-electron chi connectivity index (χ3n) is 2.08. The van der Waals surface area contributed by atoms with Gasteiger partial charge in [0.1, 0.15) is 11.6 Å². The van der Waals surface area contributed by atoms with Gasteiger partial charge in [-0.15, -0.1) is 0 Å². The number of hydrogen-bond donors (Lipinski definition) is 2. The molecule has 0 spiro atoms. The molecule has 0 saturated carbocycles. The molecular weight excluding hydrogens is 202 g/mol. The quantitative estimate of drug-likeness (QED) is 0.793. The van der Waals surface area contributed by atoms with Crippen LogP contribution in [0.4, 0.5) is 5.82 Å². The van der Waals surface area contributed by atoms with Crippen molar-refractivity contribution in [3.05, 3.63) is 48.2 Å². The predicted molar refractivity (Wildman–Crippen MR) is 61.5 cm³/mol. The monoisotopic (exact) mass is 215 g/mol. The average Bonchev–Trinajstić information content (AvgIpc) is 2.38. The summed E-state index contributed by atoms with van der Waals surface area (Å²) < 4.78 is 0. The van der Waals surface area contributed by atoms with E-state index in [1.807, 2.05) is 24.4 Å². The summed E-state index contributed by atoms with van der Waals surface area (Å²) in [7, 11) is 0. The van der Waals surface area contributed by atoms with Crippen LogP contribution in [-0.4, -0.2) is 15.0 Å². The molecule has 0 aliphatic rings. The lowest BCUT2D eigenvalue weighted by atomic mass is 10.3. The molecule has 2 heterocycles. The Bertz CT molecular complexity index is 443. The van der Waals surface area contributed by atoms with E-state index in [-0.39, 0.29) is 0 Å². The van der Waals surface area contributed by atoms with Gasteiger partial charge in [-0.2, -0.15) is 0 Å². The van der Waals surface area contributed by atoms with Gasteiger partial charge in [0.05, 0.1) is 6.54 Å². The Morgan fingerprint density at radius 2 is 2.19 bits per heavy atom. The maximum Gasteiger partial charge on any atom is 0.144 e. The molecule has 0 atom stereocenters. The van der Waals surface area contributed by atoms with E-state index < -0.39 is 0 Å². The van der Waals surface area contributed by atoms with E-state index in [1.165, 1.54) is 0 Å². The second-order valence-electron chi connectivity index (χ2n) is 3.28. The number of nitrogens with one attached hydrogen (secondary N) is 1. The number of pyridine rings is 1. The van der Waals surface area contributed by atoms with Crippen LogP contribution in [0, 0.1) is 0 Å². The molecule has 0 aliphatic carbocycles. The van der Waals surface area contributed by atoms with Gasteiger partial charge in [-0.3, -0.25) is 4.98 Å². The van der Waals surface area contributed by atoms with Crippen LogP contribution in [0.1, 0.15) is 11.4 Å². The Hall–Kier alpha value is -2.01. The number of rotatable bonds is 4. The minimum Gasteiger partial charge on any atom is -0.366 e. The standard InChI is InChI=1S/C11H13N5/c12-6-11-14-5-3-10(16-11)15-8-9-2-1-4-13-7-9/h1-5,7H,6,8,12H2,(H,14,15,16). The zero-order valence-electron chi connectivity index (χ0n) is 8.80. The van der Waals surface area contributed by atoms with E-state index in [4.69, 9.17) is 5.73 Å². The second-order valence-corrected chi connectivity index (χ2v) is 3.28. The Morgan fingerprint density at radius 1 is 1.25 bits per heavy atom. The van der Waals surface area contributed by atoms with Crippen molar-refractivity contribution < 1.29 is 0 Å². The number of nitrogens with two attached hydrogens (primary N) is 1. The van der Waals surface area contributed by atoms with Crippen LogP contribution >= 0.6 is 0 Å². The smallest absolute Gasteiger partial charge is 0.144 e. The molecule has 3 N–H and O–H groups in total. The summed E-state index contributed by atoms with van der Waals surface area (Å²) in [6, 6.07) is 5.73. The van der Waals surface area contributed by atoms with Crippen molar-refractivity contribution in [1.82, 2.24) is 15.0 Å². The van der Waals surface area contributed by atoms with Crippen molar-refractivity contribution in [3.63, 3.8) is 0 Å². The van der Waals surface area contributed by atoms with Crippen LogP contribution in [0.15, 0.2) is 36.8 Å². The van der Waals surface area contributed by atoms with Gasteiger partial charge in [0, 0.05) is 25.1 Å².